The second kappa shape index (κ2) is 9.89. The highest BCUT2D eigenvalue weighted by atomic mass is 16.6. The van der Waals surface area contributed by atoms with Crippen molar-refractivity contribution < 1.29 is 23.7 Å². The lowest BCUT2D eigenvalue weighted by Crippen LogP contribution is -2.32. The first-order valence-electron chi connectivity index (χ1n) is 11.4. The minimum atomic E-state index is -0.313. The van der Waals surface area contributed by atoms with Crippen molar-refractivity contribution in [2.45, 2.75) is 5.92 Å². The van der Waals surface area contributed by atoms with Crippen LogP contribution >= 0.6 is 0 Å². The van der Waals surface area contributed by atoms with Gasteiger partial charge in [0.1, 0.15) is 13.2 Å². The highest BCUT2D eigenvalue weighted by Crippen LogP contribution is 2.36. The number of H-pyrrole nitrogens is 1. The maximum absolute atomic E-state index is 12.8. The summed E-state index contributed by atoms with van der Waals surface area (Å²) in [5.74, 6) is 2.46. The van der Waals surface area contributed by atoms with Gasteiger partial charge in [-0.15, -0.1) is 0 Å². The maximum Gasteiger partial charge on any atom is 0.319 e. The van der Waals surface area contributed by atoms with Crippen LogP contribution in [0.2, 0.25) is 0 Å². The van der Waals surface area contributed by atoms with Gasteiger partial charge in [0, 0.05) is 41.3 Å². The standard InChI is InChI=1S/C27H27N3O5/c1-32-23-9-7-17(13-25(23)33-2)20(21-16-28-22-6-4-3-5-19(21)22)15-29-27(31)30-18-8-10-24-26(14-18)35-12-11-34-24/h3-10,13-14,16,20,28H,11-12,15H2,1-2H3,(H2,29,30,31). The number of rotatable bonds is 7. The predicted molar refractivity (Wildman–Crippen MR) is 134 cm³/mol. The molecule has 3 aromatic carbocycles. The summed E-state index contributed by atoms with van der Waals surface area (Å²) < 4.78 is 22.1. The van der Waals surface area contributed by atoms with Crippen LogP contribution in [-0.4, -0.2) is 45.0 Å². The number of methoxy groups -OCH3 is 2. The third-order valence-electron chi connectivity index (χ3n) is 6.07. The number of carbonyl (C=O) groups excluding carboxylic acids is 1. The first-order valence-corrected chi connectivity index (χ1v) is 11.4. The van der Waals surface area contributed by atoms with Crippen LogP contribution in [0.3, 0.4) is 0 Å². The van der Waals surface area contributed by atoms with Gasteiger partial charge in [0.2, 0.25) is 0 Å². The molecule has 180 valence electrons. The van der Waals surface area contributed by atoms with Crippen LogP contribution < -0.4 is 29.6 Å². The Morgan fingerprint density at radius 2 is 1.77 bits per heavy atom. The number of urea groups is 1. The van der Waals surface area contributed by atoms with Crippen LogP contribution in [0.5, 0.6) is 23.0 Å². The zero-order valence-corrected chi connectivity index (χ0v) is 19.6. The van der Waals surface area contributed by atoms with E-state index in [0.717, 1.165) is 22.0 Å². The molecule has 8 nitrogen and oxygen atoms in total. The molecule has 0 saturated heterocycles. The molecular weight excluding hydrogens is 446 g/mol. The summed E-state index contributed by atoms with van der Waals surface area (Å²) in [6.45, 7) is 1.37. The lowest BCUT2D eigenvalue weighted by Gasteiger charge is -2.21. The molecule has 4 aromatic rings. The number of aromatic amines is 1. The van der Waals surface area contributed by atoms with Gasteiger partial charge < -0.3 is 34.6 Å². The van der Waals surface area contributed by atoms with Crippen molar-refractivity contribution in [2.24, 2.45) is 0 Å². The number of aromatic nitrogens is 1. The fourth-order valence-electron chi connectivity index (χ4n) is 4.35. The first-order chi connectivity index (χ1) is 17.2. The Labute approximate surface area is 203 Å². The summed E-state index contributed by atoms with van der Waals surface area (Å²) in [6, 6.07) is 19.0. The summed E-state index contributed by atoms with van der Waals surface area (Å²) in [7, 11) is 3.22. The van der Waals surface area contributed by atoms with Gasteiger partial charge in [0.25, 0.3) is 0 Å². The summed E-state index contributed by atoms with van der Waals surface area (Å²) in [5.41, 5.74) is 3.73. The van der Waals surface area contributed by atoms with Gasteiger partial charge >= 0.3 is 6.03 Å². The molecule has 0 spiro atoms. The van der Waals surface area contributed by atoms with Crippen LogP contribution in [0.15, 0.2) is 66.9 Å². The summed E-state index contributed by atoms with van der Waals surface area (Å²) in [4.78, 5) is 16.2. The Kier molecular flexibility index (Phi) is 6.34. The van der Waals surface area contributed by atoms with E-state index in [-0.39, 0.29) is 11.9 Å². The predicted octanol–water partition coefficient (Wildman–Crippen LogP) is 4.91. The van der Waals surface area contributed by atoms with E-state index in [1.807, 2.05) is 42.6 Å². The van der Waals surface area contributed by atoms with Crippen LogP contribution in [0.25, 0.3) is 10.9 Å². The van der Waals surface area contributed by atoms with Crippen LogP contribution in [0.1, 0.15) is 17.0 Å². The molecular formula is C27H27N3O5. The molecule has 2 heterocycles. The van der Waals surface area contributed by atoms with Crippen molar-refractivity contribution in [3.63, 3.8) is 0 Å². The molecule has 3 N–H and O–H groups in total. The van der Waals surface area contributed by atoms with E-state index >= 15 is 0 Å². The third-order valence-corrected chi connectivity index (χ3v) is 6.07. The van der Waals surface area contributed by atoms with E-state index in [0.29, 0.717) is 48.4 Å². The SMILES string of the molecule is COc1ccc(C(CNC(=O)Nc2ccc3c(c2)OCCO3)c2c[nH]c3ccccc23)cc1OC. The van der Waals surface area contributed by atoms with Crippen LogP contribution in [0.4, 0.5) is 10.5 Å². The minimum Gasteiger partial charge on any atom is -0.493 e. The molecule has 8 heteroatoms. The third kappa shape index (κ3) is 4.68. The summed E-state index contributed by atoms with van der Waals surface area (Å²) >= 11 is 0. The van der Waals surface area contributed by atoms with Gasteiger partial charge in [-0.3, -0.25) is 0 Å². The monoisotopic (exact) mass is 473 g/mol. The number of benzene rings is 3. The van der Waals surface area contributed by atoms with E-state index in [1.165, 1.54) is 0 Å². The van der Waals surface area contributed by atoms with Crippen molar-refractivity contribution in [3.05, 3.63) is 78.0 Å². The molecule has 0 radical (unpaired) electrons. The molecule has 1 aromatic heterocycles. The zero-order chi connectivity index (χ0) is 24.2. The van der Waals surface area contributed by atoms with Gasteiger partial charge in [-0.2, -0.15) is 0 Å². The molecule has 1 atom stereocenters. The average Bonchev–Trinajstić information content (AvgIpc) is 3.32. The number of carbonyl (C=O) groups is 1. The summed E-state index contributed by atoms with van der Waals surface area (Å²) in [6.07, 6.45) is 1.99. The van der Waals surface area contributed by atoms with E-state index in [9.17, 15) is 4.79 Å². The molecule has 0 fully saturated rings. The van der Waals surface area contributed by atoms with Crippen LogP contribution in [-0.2, 0) is 0 Å². The Morgan fingerprint density at radius 3 is 2.60 bits per heavy atom. The second-order valence-corrected chi connectivity index (χ2v) is 8.15. The quantitative estimate of drug-likeness (QED) is 0.355. The Bertz CT molecular complexity index is 1350. The van der Waals surface area contributed by atoms with E-state index in [4.69, 9.17) is 18.9 Å². The maximum atomic E-state index is 12.8. The minimum absolute atomic E-state index is 0.128. The van der Waals surface area contributed by atoms with Crippen molar-refractivity contribution >= 4 is 22.6 Å². The molecule has 1 unspecified atom stereocenters. The van der Waals surface area contributed by atoms with Gasteiger partial charge in [0.15, 0.2) is 23.0 Å². The molecule has 1 aliphatic heterocycles. The number of nitrogens with one attached hydrogen (secondary N) is 3. The number of hydrogen-bond acceptors (Lipinski definition) is 5. The lowest BCUT2D eigenvalue weighted by molar-refractivity contribution is 0.171. The summed E-state index contributed by atoms with van der Waals surface area (Å²) in [5, 5.41) is 7.00. The van der Waals surface area contributed by atoms with Crippen molar-refractivity contribution in [1.29, 1.82) is 0 Å². The molecule has 5 rings (SSSR count). The van der Waals surface area contributed by atoms with E-state index in [2.05, 4.69) is 21.7 Å². The molecule has 0 aliphatic carbocycles. The van der Waals surface area contributed by atoms with Crippen molar-refractivity contribution in [3.8, 4) is 23.0 Å². The largest absolute Gasteiger partial charge is 0.493 e. The van der Waals surface area contributed by atoms with E-state index in [1.54, 1.807) is 32.4 Å². The lowest BCUT2D eigenvalue weighted by atomic mass is 9.90. The average molecular weight is 474 g/mol. The van der Waals surface area contributed by atoms with Gasteiger partial charge in [-0.25, -0.2) is 4.79 Å². The molecule has 0 saturated carbocycles. The molecule has 35 heavy (non-hydrogen) atoms. The Balaban J connectivity index is 1.39. The normalized spacial score (nSPS) is 13.2. The van der Waals surface area contributed by atoms with Crippen LogP contribution in [0, 0.1) is 0 Å². The number of fused-ring (bicyclic) bond motifs is 2. The number of ether oxygens (including phenoxy) is 4. The second-order valence-electron chi connectivity index (χ2n) is 8.15. The number of hydrogen-bond donors (Lipinski definition) is 3. The number of para-hydroxylation sites is 1. The highest BCUT2D eigenvalue weighted by Gasteiger charge is 2.21. The van der Waals surface area contributed by atoms with Crippen molar-refractivity contribution in [1.82, 2.24) is 10.3 Å². The first kappa shape index (κ1) is 22.5. The zero-order valence-electron chi connectivity index (χ0n) is 19.6. The van der Waals surface area contributed by atoms with Gasteiger partial charge in [0.05, 0.1) is 14.2 Å². The van der Waals surface area contributed by atoms with Crippen molar-refractivity contribution in [2.75, 3.05) is 39.3 Å². The molecule has 0 bridgehead atoms. The smallest absolute Gasteiger partial charge is 0.319 e. The number of amides is 2. The highest BCUT2D eigenvalue weighted by molar-refractivity contribution is 5.90. The fraction of sp³-hybridized carbons (Fsp3) is 0.222. The molecule has 2 amide bonds. The Hall–Kier alpha value is -4.33. The number of anilines is 1. The Morgan fingerprint density at radius 1 is 0.971 bits per heavy atom. The van der Waals surface area contributed by atoms with Gasteiger partial charge in [-0.1, -0.05) is 24.3 Å². The topological polar surface area (TPSA) is 93.8 Å². The molecule has 1 aliphatic rings. The fourth-order valence-corrected chi connectivity index (χ4v) is 4.35. The van der Waals surface area contributed by atoms with Gasteiger partial charge in [-0.05, 0) is 41.5 Å². The van der Waals surface area contributed by atoms with E-state index < -0.39 is 0 Å².